The molecule has 3 aliphatic rings. The first-order valence-electron chi connectivity index (χ1n) is 7.84. The van der Waals surface area contributed by atoms with Gasteiger partial charge in [-0.3, -0.25) is 4.79 Å². The summed E-state index contributed by atoms with van der Waals surface area (Å²) in [7, 11) is 0. The monoisotopic (exact) mass is 346 g/mol. The minimum atomic E-state index is -1.70. The topological polar surface area (TPSA) is 130 Å². The molecule has 0 saturated heterocycles. The van der Waals surface area contributed by atoms with Crippen LogP contribution in [0.4, 0.5) is 0 Å². The van der Waals surface area contributed by atoms with Crippen molar-refractivity contribution < 1.29 is 34.3 Å². The highest BCUT2D eigenvalue weighted by molar-refractivity contribution is 5.89. The number of fused-ring (bicyclic) bond motifs is 5. The Labute approximate surface area is 140 Å². The number of hydrogen-bond acceptors (Lipinski definition) is 8. The van der Waals surface area contributed by atoms with E-state index < -0.39 is 35.3 Å². The molecular formula is C17H14O8. The molecule has 0 fully saturated rings. The highest BCUT2D eigenvalue weighted by atomic mass is 16.7. The molecule has 25 heavy (non-hydrogen) atoms. The Hall–Kier alpha value is -2.55. The molecule has 0 radical (unpaired) electrons. The predicted octanol–water partition coefficient (Wildman–Crippen LogP) is 0.289. The van der Waals surface area contributed by atoms with Crippen LogP contribution in [-0.4, -0.2) is 32.8 Å². The van der Waals surface area contributed by atoms with E-state index in [2.05, 4.69) is 0 Å². The number of aromatic hydroxyl groups is 1. The van der Waals surface area contributed by atoms with E-state index in [0.29, 0.717) is 0 Å². The van der Waals surface area contributed by atoms with Crippen LogP contribution in [0.15, 0.2) is 27.6 Å². The van der Waals surface area contributed by atoms with Gasteiger partial charge < -0.3 is 34.3 Å². The predicted molar refractivity (Wildman–Crippen MR) is 82.0 cm³/mol. The summed E-state index contributed by atoms with van der Waals surface area (Å²) in [6, 6.07) is 1.40. The third-order valence-electron chi connectivity index (χ3n) is 5.00. The van der Waals surface area contributed by atoms with E-state index >= 15 is 0 Å². The molecule has 0 bridgehead atoms. The Morgan fingerprint density at radius 3 is 2.88 bits per heavy atom. The van der Waals surface area contributed by atoms with Crippen LogP contribution in [0.1, 0.15) is 29.4 Å². The first kappa shape index (κ1) is 14.8. The fourth-order valence-electron chi connectivity index (χ4n) is 3.84. The Morgan fingerprint density at radius 2 is 2.08 bits per heavy atom. The molecule has 4 atom stereocenters. The fourth-order valence-corrected chi connectivity index (χ4v) is 3.84. The van der Waals surface area contributed by atoms with Crippen molar-refractivity contribution in [2.75, 3.05) is 0 Å². The van der Waals surface area contributed by atoms with Crippen molar-refractivity contribution in [3.05, 3.63) is 45.5 Å². The zero-order valence-electron chi connectivity index (χ0n) is 12.8. The van der Waals surface area contributed by atoms with Crippen molar-refractivity contribution in [2.45, 2.75) is 36.9 Å². The average molecular weight is 346 g/mol. The molecule has 2 aliphatic heterocycles. The van der Waals surface area contributed by atoms with Crippen LogP contribution in [0.3, 0.4) is 0 Å². The second-order valence-corrected chi connectivity index (χ2v) is 6.56. The van der Waals surface area contributed by atoms with Gasteiger partial charge in [0.25, 0.3) is 6.29 Å². The molecule has 130 valence electrons. The smallest absolute Gasteiger partial charge is 0.277 e. The second kappa shape index (κ2) is 4.54. The third kappa shape index (κ3) is 1.73. The van der Waals surface area contributed by atoms with Crippen molar-refractivity contribution in [2.24, 2.45) is 0 Å². The van der Waals surface area contributed by atoms with E-state index in [9.17, 15) is 25.2 Å². The Morgan fingerprint density at radius 1 is 1.28 bits per heavy atom. The van der Waals surface area contributed by atoms with E-state index in [4.69, 9.17) is 13.9 Å². The SMILES string of the molecule is O=c1c2c(oc3cc4c(c(O)c13)C1(O)C=COC1O4)CC(O)CC2O. The molecule has 0 spiro atoms. The quantitative estimate of drug-likeness (QED) is 0.536. The highest BCUT2D eigenvalue weighted by Gasteiger charge is 2.53. The lowest BCUT2D eigenvalue weighted by molar-refractivity contribution is -0.110. The van der Waals surface area contributed by atoms with Gasteiger partial charge in [-0.25, -0.2) is 0 Å². The maximum absolute atomic E-state index is 12.9. The van der Waals surface area contributed by atoms with Gasteiger partial charge in [-0.2, -0.15) is 0 Å². The zero-order chi connectivity index (χ0) is 17.5. The summed E-state index contributed by atoms with van der Waals surface area (Å²) in [6.07, 6.45) is -0.356. The molecule has 1 aromatic heterocycles. The van der Waals surface area contributed by atoms with Gasteiger partial charge in [-0.15, -0.1) is 0 Å². The number of aliphatic hydroxyl groups excluding tert-OH is 2. The number of phenolic OH excluding ortho intramolecular Hbond substituents is 1. The molecule has 4 N–H and O–H groups in total. The van der Waals surface area contributed by atoms with Gasteiger partial charge in [0.15, 0.2) is 5.60 Å². The number of benzene rings is 1. The Kier molecular flexibility index (Phi) is 2.68. The molecule has 1 aliphatic carbocycles. The van der Waals surface area contributed by atoms with Crippen LogP contribution in [0, 0.1) is 0 Å². The Balaban J connectivity index is 1.85. The van der Waals surface area contributed by atoms with Crippen LogP contribution in [0.5, 0.6) is 11.5 Å². The van der Waals surface area contributed by atoms with Crippen molar-refractivity contribution in [3.63, 3.8) is 0 Å². The summed E-state index contributed by atoms with van der Waals surface area (Å²) in [5.41, 5.74) is -2.20. The van der Waals surface area contributed by atoms with Gasteiger partial charge in [0.05, 0.1) is 29.6 Å². The van der Waals surface area contributed by atoms with Gasteiger partial charge in [-0.1, -0.05) is 0 Å². The fraction of sp³-hybridized carbons (Fsp3) is 0.353. The van der Waals surface area contributed by atoms with E-state index in [1.54, 1.807) is 0 Å². The van der Waals surface area contributed by atoms with Crippen LogP contribution in [0.25, 0.3) is 11.0 Å². The normalized spacial score (nSPS) is 32.0. The van der Waals surface area contributed by atoms with E-state index in [0.717, 1.165) is 0 Å². The molecular weight excluding hydrogens is 332 g/mol. The van der Waals surface area contributed by atoms with Gasteiger partial charge in [-0.05, 0) is 6.08 Å². The summed E-state index contributed by atoms with van der Waals surface area (Å²) >= 11 is 0. The summed E-state index contributed by atoms with van der Waals surface area (Å²) in [5, 5.41) is 41.2. The molecule has 0 saturated carbocycles. The second-order valence-electron chi connectivity index (χ2n) is 6.56. The number of hydrogen-bond donors (Lipinski definition) is 4. The third-order valence-corrected chi connectivity index (χ3v) is 5.00. The van der Waals surface area contributed by atoms with Crippen LogP contribution >= 0.6 is 0 Å². The molecule has 3 heterocycles. The van der Waals surface area contributed by atoms with Gasteiger partial charge in [0.2, 0.25) is 5.43 Å². The Bertz CT molecular complexity index is 1010. The number of aliphatic hydroxyl groups is 3. The van der Waals surface area contributed by atoms with Gasteiger partial charge in [0, 0.05) is 18.9 Å². The lowest BCUT2D eigenvalue weighted by Gasteiger charge is -2.24. The highest BCUT2D eigenvalue weighted by Crippen LogP contribution is 2.52. The molecule has 8 heteroatoms. The minimum absolute atomic E-state index is 0.0146. The number of phenols is 1. The van der Waals surface area contributed by atoms with Gasteiger partial charge in [0.1, 0.15) is 28.2 Å². The largest absolute Gasteiger partial charge is 0.506 e. The standard InChI is InChI=1S/C17H14O8/c18-6-3-7(19)11-8(4-6)24-9-5-10-13(15(21)12(9)14(11)20)17(22)1-2-23-16(17)25-10/h1-2,5-7,16,18-19,21-22H,3-4H2. The van der Waals surface area contributed by atoms with Crippen molar-refractivity contribution in [1.29, 1.82) is 0 Å². The summed E-state index contributed by atoms with van der Waals surface area (Å²) in [6.45, 7) is 0. The number of ether oxygens (including phenoxy) is 2. The minimum Gasteiger partial charge on any atom is -0.506 e. The summed E-state index contributed by atoms with van der Waals surface area (Å²) < 4.78 is 16.3. The first-order chi connectivity index (χ1) is 11.9. The molecule has 5 rings (SSSR count). The summed E-state index contributed by atoms with van der Waals surface area (Å²) in [5.74, 6) is -0.152. The zero-order valence-corrected chi connectivity index (χ0v) is 12.8. The molecule has 2 aromatic rings. The van der Waals surface area contributed by atoms with Crippen LogP contribution in [0.2, 0.25) is 0 Å². The van der Waals surface area contributed by atoms with Crippen LogP contribution in [-0.2, 0) is 16.8 Å². The van der Waals surface area contributed by atoms with Crippen molar-refractivity contribution in [1.82, 2.24) is 0 Å². The van der Waals surface area contributed by atoms with Gasteiger partial charge >= 0.3 is 0 Å². The van der Waals surface area contributed by atoms with E-state index in [-0.39, 0.29) is 46.4 Å². The van der Waals surface area contributed by atoms with E-state index in [1.807, 2.05) is 0 Å². The van der Waals surface area contributed by atoms with Crippen molar-refractivity contribution in [3.8, 4) is 11.5 Å². The van der Waals surface area contributed by atoms with E-state index in [1.165, 1.54) is 18.4 Å². The summed E-state index contributed by atoms with van der Waals surface area (Å²) in [4.78, 5) is 12.9. The molecule has 0 amide bonds. The average Bonchev–Trinajstić information content (AvgIpc) is 2.99. The molecule has 1 aromatic carbocycles. The lowest BCUT2D eigenvalue weighted by Crippen LogP contribution is -2.33. The van der Waals surface area contributed by atoms with Crippen LogP contribution < -0.4 is 10.2 Å². The lowest BCUT2D eigenvalue weighted by atomic mass is 9.89. The molecule has 4 unspecified atom stereocenters. The first-order valence-corrected chi connectivity index (χ1v) is 7.84. The molecule has 8 nitrogen and oxygen atoms in total. The maximum Gasteiger partial charge on any atom is 0.277 e. The maximum atomic E-state index is 12.9. The van der Waals surface area contributed by atoms with Crippen molar-refractivity contribution >= 4 is 11.0 Å². The number of rotatable bonds is 0.